The summed E-state index contributed by atoms with van der Waals surface area (Å²) in [5.74, 6) is 0.448. The molecule has 1 saturated carbocycles. The standard InChI is InChI=1S/C20H27ClN4O/c1-13-18(11-20(26)23-19-6-4-3-5-15(19)12-22)14(2)25(24-13)17-9-7-16(21)8-10-17/h7-10,15,19H,3-6,11-12,22H2,1-2H3,(H,23,26). The van der Waals surface area contributed by atoms with Crippen LogP contribution in [0.3, 0.4) is 0 Å². The number of nitrogens with one attached hydrogen (secondary N) is 1. The van der Waals surface area contributed by atoms with E-state index in [9.17, 15) is 4.79 Å². The monoisotopic (exact) mass is 374 g/mol. The van der Waals surface area contributed by atoms with E-state index in [2.05, 4.69) is 10.4 Å². The Morgan fingerprint density at radius 1 is 1.27 bits per heavy atom. The summed E-state index contributed by atoms with van der Waals surface area (Å²) >= 11 is 5.97. The first-order chi connectivity index (χ1) is 12.5. The minimum absolute atomic E-state index is 0.0530. The molecule has 1 aromatic heterocycles. The van der Waals surface area contributed by atoms with Gasteiger partial charge in [0.05, 0.1) is 17.8 Å². The number of halogens is 1. The summed E-state index contributed by atoms with van der Waals surface area (Å²) in [6.07, 6.45) is 4.84. The summed E-state index contributed by atoms with van der Waals surface area (Å²) < 4.78 is 1.87. The highest BCUT2D eigenvalue weighted by atomic mass is 35.5. The van der Waals surface area contributed by atoms with Gasteiger partial charge < -0.3 is 11.1 Å². The maximum absolute atomic E-state index is 12.6. The Kier molecular flexibility index (Phi) is 5.99. The van der Waals surface area contributed by atoms with Crippen molar-refractivity contribution in [2.24, 2.45) is 11.7 Å². The van der Waals surface area contributed by atoms with Crippen molar-refractivity contribution in [2.45, 2.75) is 52.0 Å². The number of hydrogen-bond acceptors (Lipinski definition) is 3. The van der Waals surface area contributed by atoms with Crippen LogP contribution in [0.1, 0.15) is 42.6 Å². The van der Waals surface area contributed by atoms with E-state index in [1.54, 1.807) is 0 Å². The number of rotatable bonds is 5. The lowest BCUT2D eigenvalue weighted by molar-refractivity contribution is -0.121. The number of benzene rings is 1. The van der Waals surface area contributed by atoms with Crippen LogP contribution in [-0.2, 0) is 11.2 Å². The van der Waals surface area contributed by atoms with Crippen LogP contribution in [0, 0.1) is 19.8 Å². The van der Waals surface area contributed by atoms with Crippen molar-refractivity contribution in [1.82, 2.24) is 15.1 Å². The molecule has 2 atom stereocenters. The predicted octanol–water partition coefficient (Wildman–Crippen LogP) is 3.32. The van der Waals surface area contributed by atoms with Crippen molar-refractivity contribution in [3.05, 3.63) is 46.2 Å². The molecule has 140 valence electrons. The Hall–Kier alpha value is -1.85. The maximum atomic E-state index is 12.6. The van der Waals surface area contributed by atoms with Gasteiger partial charge in [-0.25, -0.2) is 4.68 Å². The van der Waals surface area contributed by atoms with Crippen LogP contribution in [0.2, 0.25) is 5.02 Å². The number of amides is 1. The number of aryl methyl sites for hydroxylation is 1. The first kappa shape index (κ1) is 18.9. The average molecular weight is 375 g/mol. The molecule has 1 heterocycles. The number of carbonyl (C=O) groups is 1. The molecule has 1 fully saturated rings. The molecule has 0 radical (unpaired) electrons. The highest BCUT2D eigenvalue weighted by Gasteiger charge is 2.26. The molecule has 2 aromatic rings. The zero-order valence-electron chi connectivity index (χ0n) is 15.5. The van der Waals surface area contributed by atoms with Crippen LogP contribution in [0.4, 0.5) is 0 Å². The number of nitrogens with zero attached hydrogens (tertiary/aromatic N) is 2. The third-order valence-electron chi connectivity index (χ3n) is 5.41. The zero-order chi connectivity index (χ0) is 18.7. The van der Waals surface area contributed by atoms with Crippen LogP contribution in [0.25, 0.3) is 5.69 Å². The number of nitrogens with two attached hydrogens (primary N) is 1. The van der Waals surface area contributed by atoms with Gasteiger partial charge in [-0.05, 0) is 63.4 Å². The van der Waals surface area contributed by atoms with E-state index >= 15 is 0 Å². The lowest BCUT2D eigenvalue weighted by Crippen LogP contribution is -2.45. The van der Waals surface area contributed by atoms with Crippen molar-refractivity contribution in [3.8, 4) is 5.69 Å². The van der Waals surface area contributed by atoms with Gasteiger partial charge in [-0.15, -0.1) is 0 Å². The Bertz CT molecular complexity index is 769. The van der Waals surface area contributed by atoms with Gasteiger partial charge in [0.15, 0.2) is 0 Å². The summed E-state index contributed by atoms with van der Waals surface area (Å²) in [4.78, 5) is 12.6. The second-order valence-electron chi connectivity index (χ2n) is 7.17. The Morgan fingerprint density at radius 3 is 2.65 bits per heavy atom. The van der Waals surface area contributed by atoms with Crippen LogP contribution in [-0.4, -0.2) is 28.3 Å². The minimum atomic E-state index is 0.0530. The number of carbonyl (C=O) groups excluding carboxylic acids is 1. The normalized spacial score (nSPS) is 20.2. The molecule has 0 saturated heterocycles. The maximum Gasteiger partial charge on any atom is 0.224 e. The molecule has 1 aliphatic carbocycles. The molecule has 1 amide bonds. The fourth-order valence-electron chi connectivity index (χ4n) is 3.86. The van der Waals surface area contributed by atoms with Gasteiger partial charge in [-0.1, -0.05) is 24.4 Å². The third-order valence-corrected chi connectivity index (χ3v) is 5.66. The van der Waals surface area contributed by atoms with Crippen LogP contribution >= 0.6 is 11.6 Å². The molecular formula is C20H27ClN4O. The first-order valence-corrected chi connectivity index (χ1v) is 9.68. The quantitative estimate of drug-likeness (QED) is 0.843. The summed E-state index contributed by atoms with van der Waals surface area (Å²) in [6.45, 7) is 4.59. The van der Waals surface area contributed by atoms with Crippen LogP contribution < -0.4 is 11.1 Å². The van der Waals surface area contributed by atoms with E-state index in [0.29, 0.717) is 23.9 Å². The van der Waals surface area contributed by atoms with E-state index in [1.165, 1.54) is 6.42 Å². The molecule has 1 aliphatic rings. The fourth-order valence-corrected chi connectivity index (χ4v) is 3.99. The van der Waals surface area contributed by atoms with Gasteiger partial charge in [0.2, 0.25) is 5.91 Å². The van der Waals surface area contributed by atoms with Crippen molar-refractivity contribution in [1.29, 1.82) is 0 Å². The zero-order valence-corrected chi connectivity index (χ0v) is 16.2. The van der Waals surface area contributed by atoms with E-state index < -0.39 is 0 Å². The molecule has 3 N–H and O–H groups in total. The Balaban J connectivity index is 1.73. The van der Waals surface area contributed by atoms with E-state index in [-0.39, 0.29) is 11.9 Å². The number of hydrogen-bond donors (Lipinski definition) is 2. The van der Waals surface area contributed by atoms with Gasteiger partial charge in [-0.3, -0.25) is 4.79 Å². The smallest absolute Gasteiger partial charge is 0.224 e. The number of aromatic nitrogens is 2. The summed E-state index contributed by atoms with van der Waals surface area (Å²) in [7, 11) is 0. The van der Waals surface area contributed by atoms with Gasteiger partial charge in [0, 0.05) is 22.3 Å². The molecule has 1 aromatic carbocycles. The van der Waals surface area contributed by atoms with Gasteiger partial charge in [-0.2, -0.15) is 5.10 Å². The molecule has 2 unspecified atom stereocenters. The SMILES string of the molecule is Cc1nn(-c2ccc(Cl)cc2)c(C)c1CC(=O)NC1CCCCC1CN. The van der Waals surface area contributed by atoms with Crippen molar-refractivity contribution < 1.29 is 4.79 Å². The van der Waals surface area contributed by atoms with Gasteiger partial charge in [0.25, 0.3) is 0 Å². The highest BCUT2D eigenvalue weighted by molar-refractivity contribution is 6.30. The first-order valence-electron chi connectivity index (χ1n) is 9.30. The molecule has 26 heavy (non-hydrogen) atoms. The second-order valence-corrected chi connectivity index (χ2v) is 7.61. The summed E-state index contributed by atoms with van der Waals surface area (Å²) in [5.41, 5.74) is 9.67. The summed E-state index contributed by atoms with van der Waals surface area (Å²) in [6, 6.07) is 7.75. The van der Waals surface area contributed by atoms with E-state index in [4.69, 9.17) is 17.3 Å². The van der Waals surface area contributed by atoms with Gasteiger partial charge >= 0.3 is 0 Å². The topological polar surface area (TPSA) is 72.9 Å². The lowest BCUT2D eigenvalue weighted by Gasteiger charge is -2.31. The fraction of sp³-hybridized carbons (Fsp3) is 0.500. The minimum Gasteiger partial charge on any atom is -0.353 e. The molecule has 5 nitrogen and oxygen atoms in total. The highest BCUT2D eigenvalue weighted by Crippen LogP contribution is 2.24. The predicted molar refractivity (Wildman–Crippen MR) is 105 cm³/mol. The average Bonchev–Trinajstić information content (AvgIpc) is 2.91. The molecular weight excluding hydrogens is 348 g/mol. The Labute approximate surface area is 159 Å². The van der Waals surface area contributed by atoms with Crippen LogP contribution in [0.15, 0.2) is 24.3 Å². The van der Waals surface area contributed by atoms with Crippen molar-refractivity contribution >= 4 is 17.5 Å². The van der Waals surface area contributed by atoms with Crippen molar-refractivity contribution in [2.75, 3.05) is 6.54 Å². The second kappa shape index (κ2) is 8.23. The van der Waals surface area contributed by atoms with E-state index in [0.717, 1.165) is 41.9 Å². The van der Waals surface area contributed by atoms with Crippen molar-refractivity contribution in [3.63, 3.8) is 0 Å². The molecule has 0 aliphatic heterocycles. The molecule has 0 spiro atoms. The largest absolute Gasteiger partial charge is 0.353 e. The third kappa shape index (κ3) is 4.10. The van der Waals surface area contributed by atoms with Gasteiger partial charge in [0.1, 0.15) is 0 Å². The molecule has 3 rings (SSSR count). The summed E-state index contributed by atoms with van der Waals surface area (Å²) in [5, 5.41) is 8.51. The molecule has 0 bridgehead atoms. The molecule has 6 heteroatoms. The van der Waals surface area contributed by atoms with E-state index in [1.807, 2.05) is 42.8 Å². The lowest BCUT2D eigenvalue weighted by atomic mass is 9.84. The Morgan fingerprint density at radius 2 is 1.96 bits per heavy atom. The van der Waals surface area contributed by atoms with Crippen LogP contribution in [0.5, 0.6) is 0 Å².